The van der Waals surface area contributed by atoms with Crippen LogP contribution in [-0.2, 0) is 23.8 Å². The number of rotatable bonds is 9. The third kappa shape index (κ3) is 5.05. The predicted octanol–water partition coefficient (Wildman–Crippen LogP) is 1.40. The van der Waals surface area contributed by atoms with E-state index in [9.17, 15) is 18.4 Å². The number of ether oxygens (including phenoxy) is 3. The van der Waals surface area contributed by atoms with Crippen molar-refractivity contribution in [3.63, 3.8) is 0 Å². The molecule has 0 amide bonds. The Bertz CT molecular complexity index is 264. The van der Waals surface area contributed by atoms with Crippen LogP contribution in [0.2, 0.25) is 0 Å². The van der Waals surface area contributed by atoms with Crippen molar-refractivity contribution in [2.24, 2.45) is 5.92 Å². The largest absolute Gasteiger partial charge is 0.465 e. The minimum Gasteiger partial charge on any atom is -0.465 e. The number of esters is 1. The van der Waals surface area contributed by atoms with E-state index in [4.69, 9.17) is 9.47 Å². The number of halogens is 2. The summed E-state index contributed by atoms with van der Waals surface area (Å²) < 4.78 is 39.5. The Labute approximate surface area is 104 Å². The van der Waals surface area contributed by atoms with E-state index in [0.717, 1.165) is 0 Å². The maximum atomic E-state index is 12.5. The average molecular weight is 268 g/mol. The fourth-order valence-corrected chi connectivity index (χ4v) is 1.30. The second kappa shape index (κ2) is 8.93. The molecule has 0 N–H and O–H groups in total. The van der Waals surface area contributed by atoms with Crippen LogP contribution in [0.1, 0.15) is 20.8 Å². The Morgan fingerprint density at radius 1 is 1.00 bits per heavy atom. The van der Waals surface area contributed by atoms with Crippen molar-refractivity contribution < 1.29 is 32.6 Å². The molecular formula is C11H18F2O5. The molecule has 1 unspecified atom stereocenters. The lowest BCUT2D eigenvalue weighted by atomic mass is 10.0. The topological polar surface area (TPSA) is 61.8 Å². The van der Waals surface area contributed by atoms with Crippen molar-refractivity contribution in [1.82, 2.24) is 0 Å². The highest BCUT2D eigenvalue weighted by Gasteiger charge is 2.41. The van der Waals surface area contributed by atoms with Crippen LogP contribution >= 0.6 is 0 Å². The van der Waals surface area contributed by atoms with Crippen molar-refractivity contribution in [3.05, 3.63) is 0 Å². The van der Waals surface area contributed by atoms with Crippen LogP contribution in [0.15, 0.2) is 0 Å². The molecule has 0 aliphatic heterocycles. The van der Waals surface area contributed by atoms with Gasteiger partial charge in [-0.25, -0.2) is 8.78 Å². The minimum absolute atomic E-state index is 0.0170. The lowest BCUT2D eigenvalue weighted by molar-refractivity contribution is -0.194. The Morgan fingerprint density at radius 3 is 1.83 bits per heavy atom. The molecule has 0 aromatic rings. The number of carbonyl (C=O) groups is 2. The highest BCUT2D eigenvalue weighted by atomic mass is 19.3. The third-order valence-corrected chi connectivity index (χ3v) is 2.00. The van der Waals surface area contributed by atoms with Crippen LogP contribution in [0.4, 0.5) is 8.78 Å². The molecule has 0 radical (unpaired) electrons. The number of ketones is 1. The first kappa shape index (κ1) is 16.9. The summed E-state index contributed by atoms with van der Waals surface area (Å²) in [4.78, 5) is 22.9. The molecule has 7 heteroatoms. The van der Waals surface area contributed by atoms with Gasteiger partial charge >= 0.3 is 5.97 Å². The Hall–Kier alpha value is -1.08. The zero-order valence-electron chi connectivity index (χ0n) is 10.7. The first-order valence-electron chi connectivity index (χ1n) is 5.71. The molecule has 0 aromatic heterocycles. The average Bonchev–Trinajstić information content (AvgIpc) is 2.30. The smallest absolute Gasteiger partial charge is 0.321 e. The molecule has 0 aromatic carbocycles. The standard InChI is InChI=1S/C11H18F2O5/c1-4-16-10(15)7(8(14)9(12)13)11(17-5-2)18-6-3/h7,9,11H,4-6H2,1-3H3. The lowest BCUT2D eigenvalue weighted by Crippen LogP contribution is -2.42. The summed E-state index contributed by atoms with van der Waals surface area (Å²) in [6.07, 6.45) is -4.62. The van der Waals surface area contributed by atoms with E-state index in [0.29, 0.717) is 0 Å². The molecule has 0 fully saturated rings. The van der Waals surface area contributed by atoms with Crippen molar-refractivity contribution in [2.75, 3.05) is 19.8 Å². The van der Waals surface area contributed by atoms with Gasteiger partial charge in [-0.3, -0.25) is 9.59 Å². The van der Waals surface area contributed by atoms with E-state index in [-0.39, 0.29) is 19.8 Å². The maximum Gasteiger partial charge on any atom is 0.321 e. The Morgan fingerprint density at radius 2 is 1.50 bits per heavy atom. The van der Waals surface area contributed by atoms with E-state index in [1.807, 2.05) is 0 Å². The van der Waals surface area contributed by atoms with Crippen LogP contribution in [0.3, 0.4) is 0 Å². The monoisotopic (exact) mass is 268 g/mol. The number of Topliss-reactive ketones (excluding diaryl/α,β-unsaturated/α-hetero) is 1. The van der Waals surface area contributed by atoms with E-state index in [1.165, 1.54) is 6.92 Å². The van der Waals surface area contributed by atoms with Crippen LogP contribution in [0.5, 0.6) is 0 Å². The summed E-state index contributed by atoms with van der Waals surface area (Å²) in [5, 5.41) is 0. The van der Waals surface area contributed by atoms with Gasteiger partial charge in [-0.2, -0.15) is 0 Å². The minimum atomic E-state index is -3.28. The summed E-state index contributed by atoms with van der Waals surface area (Å²) in [7, 11) is 0. The van der Waals surface area contributed by atoms with E-state index < -0.39 is 30.4 Å². The number of hydrogen-bond donors (Lipinski definition) is 0. The Kier molecular flexibility index (Phi) is 8.40. The zero-order chi connectivity index (χ0) is 14.1. The van der Waals surface area contributed by atoms with Crippen molar-refractivity contribution in [3.8, 4) is 0 Å². The zero-order valence-corrected chi connectivity index (χ0v) is 10.7. The first-order chi connectivity index (χ1) is 8.49. The van der Waals surface area contributed by atoms with Crippen LogP contribution < -0.4 is 0 Å². The maximum absolute atomic E-state index is 12.5. The molecule has 18 heavy (non-hydrogen) atoms. The summed E-state index contributed by atoms with van der Waals surface area (Å²) in [5.41, 5.74) is 0. The van der Waals surface area contributed by atoms with Crippen LogP contribution in [-0.4, -0.2) is 44.3 Å². The van der Waals surface area contributed by atoms with Crippen molar-refractivity contribution in [1.29, 1.82) is 0 Å². The van der Waals surface area contributed by atoms with Crippen LogP contribution in [0.25, 0.3) is 0 Å². The van der Waals surface area contributed by atoms with Gasteiger partial charge in [0.2, 0.25) is 5.78 Å². The highest BCUT2D eigenvalue weighted by molar-refractivity contribution is 6.01. The van der Waals surface area contributed by atoms with Crippen LogP contribution in [0, 0.1) is 5.92 Å². The normalized spacial score (nSPS) is 12.8. The predicted molar refractivity (Wildman–Crippen MR) is 58.2 cm³/mol. The number of alkyl halides is 2. The fourth-order valence-electron chi connectivity index (χ4n) is 1.30. The summed E-state index contributed by atoms with van der Waals surface area (Å²) in [6, 6.07) is 0. The van der Waals surface area contributed by atoms with Crippen molar-refractivity contribution in [2.45, 2.75) is 33.5 Å². The van der Waals surface area contributed by atoms with Gasteiger partial charge < -0.3 is 14.2 Å². The molecule has 0 aliphatic carbocycles. The Balaban J connectivity index is 5.01. The number of hydrogen-bond acceptors (Lipinski definition) is 5. The molecular weight excluding hydrogens is 250 g/mol. The quantitative estimate of drug-likeness (QED) is 0.359. The SMILES string of the molecule is CCOC(=O)C(C(=O)C(F)F)C(OCC)OCC. The van der Waals surface area contributed by atoms with Gasteiger partial charge in [0.05, 0.1) is 6.61 Å². The molecule has 0 saturated carbocycles. The highest BCUT2D eigenvalue weighted by Crippen LogP contribution is 2.17. The van der Waals surface area contributed by atoms with Gasteiger partial charge in [0.15, 0.2) is 12.2 Å². The molecule has 0 rings (SSSR count). The third-order valence-electron chi connectivity index (χ3n) is 2.00. The molecule has 1 atom stereocenters. The molecule has 0 bridgehead atoms. The molecule has 5 nitrogen and oxygen atoms in total. The summed E-state index contributed by atoms with van der Waals surface area (Å²) in [6.45, 7) is 4.94. The van der Waals surface area contributed by atoms with E-state index >= 15 is 0 Å². The summed E-state index contributed by atoms with van der Waals surface area (Å²) in [5.74, 6) is -4.38. The van der Waals surface area contributed by atoms with Gasteiger partial charge in [0.1, 0.15) is 0 Å². The molecule has 106 valence electrons. The second-order valence-corrected chi connectivity index (χ2v) is 3.21. The molecule has 0 aliphatic rings. The lowest BCUT2D eigenvalue weighted by Gasteiger charge is -2.23. The second-order valence-electron chi connectivity index (χ2n) is 3.21. The van der Waals surface area contributed by atoms with Gasteiger partial charge in [-0.05, 0) is 20.8 Å². The van der Waals surface area contributed by atoms with Crippen molar-refractivity contribution >= 4 is 11.8 Å². The number of carbonyl (C=O) groups excluding carboxylic acids is 2. The van der Waals surface area contributed by atoms with Gasteiger partial charge in [-0.1, -0.05) is 0 Å². The molecule has 0 saturated heterocycles. The van der Waals surface area contributed by atoms with E-state index in [1.54, 1.807) is 13.8 Å². The van der Waals surface area contributed by atoms with E-state index in [2.05, 4.69) is 4.74 Å². The molecule has 0 heterocycles. The van der Waals surface area contributed by atoms with Gasteiger partial charge in [-0.15, -0.1) is 0 Å². The first-order valence-corrected chi connectivity index (χ1v) is 5.71. The summed E-state index contributed by atoms with van der Waals surface area (Å²) >= 11 is 0. The fraction of sp³-hybridized carbons (Fsp3) is 0.818. The van der Waals surface area contributed by atoms with Gasteiger partial charge in [0.25, 0.3) is 6.43 Å². The molecule has 0 spiro atoms. The van der Waals surface area contributed by atoms with Gasteiger partial charge in [0, 0.05) is 13.2 Å².